The van der Waals surface area contributed by atoms with Gasteiger partial charge in [-0.25, -0.2) is 9.37 Å². The highest BCUT2D eigenvalue weighted by atomic mass is 127. The summed E-state index contributed by atoms with van der Waals surface area (Å²) in [4.78, 5) is 10.7. The number of hydrogen-bond acceptors (Lipinski definition) is 2. The summed E-state index contributed by atoms with van der Waals surface area (Å²) in [6.07, 6.45) is 0. The second-order valence-corrected chi connectivity index (χ2v) is 2.37. The molecule has 0 heterocycles. The van der Waals surface area contributed by atoms with Gasteiger partial charge in [0.05, 0.1) is 6.61 Å². The molecule has 4 heteroatoms. The Bertz CT molecular complexity index is 145. The topological polar surface area (TPSA) is 29.3 Å². The van der Waals surface area contributed by atoms with E-state index in [0.29, 0.717) is 13.2 Å². The lowest BCUT2D eigenvalue weighted by atomic mass is 10.6. The molecule has 0 N–H and O–H groups in total. The lowest BCUT2D eigenvalue weighted by molar-refractivity contribution is -0.479. The minimum Gasteiger partial charge on any atom is -0.461 e. The number of carbonyl (C=O) groups excluding carboxylic acids is 1. The van der Waals surface area contributed by atoms with Gasteiger partial charge in [-0.2, -0.15) is 0 Å². The first-order valence-electron chi connectivity index (χ1n) is 3.00. The zero-order chi connectivity index (χ0) is 7.98. The van der Waals surface area contributed by atoms with Gasteiger partial charge in [-0.15, -0.1) is 0 Å². The Balaban J connectivity index is 3.58. The molecule has 0 aliphatic rings. The van der Waals surface area contributed by atoms with Crippen LogP contribution in [0, 0.1) is 0 Å². The summed E-state index contributed by atoms with van der Waals surface area (Å²) in [6.45, 7) is 2.58. The molecule has 0 fully saturated rings. The highest BCUT2D eigenvalue weighted by Crippen LogP contribution is 1.79. The molecule has 0 aromatic carbocycles. The Morgan fingerprint density at radius 2 is 2.40 bits per heavy atom. The van der Waals surface area contributed by atoms with Crippen molar-refractivity contribution in [2.75, 3.05) is 20.2 Å². The maximum Gasteiger partial charge on any atom is 0.372 e. The number of hydrogen-bond donors (Lipinski definition) is 0. The molecule has 0 bridgehead atoms. The molecule has 0 atom stereocenters. The Morgan fingerprint density at radius 1 is 1.80 bits per heavy atom. The van der Waals surface area contributed by atoms with Gasteiger partial charge >= 0.3 is 5.97 Å². The van der Waals surface area contributed by atoms with Crippen LogP contribution in [0.2, 0.25) is 0 Å². The molecule has 0 aliphatic heterocycles. The first-order valence-corrected chi connectivity index (χ1v) is 4.24. The third-order valence-electron chi connectivity index (χ3n) is 0.850. The van der Waals surface area contributed by atoms with E-state index in [1.165, 1.54) is 0 Å². The molecule has 0 amide bonds. The van der Waals surface area contributed by atoms with Crippen molar-refractivity contribution < 1.29 is 14.1 Å². The Hall–Kier alpha value is -0.130. The van der Waals surface area contributed by atoms with E-state index in [2.05, 4.69) is 22.6 Å². The molecule has 10 heavy (non-hydrogen) atoms. The molecule has 0 saturated heterocycles. The van der Waals surface area contributed by atoms with Crippen LogP contribution in [0.1, 0.15) is 6.92 Å². The number of carbonyl (C=O) groups is 1. The van der Waals surface area contributed by atoms with Gasteiger partial charge in [-0.3, -0.25) is 0 Å². The zero-order valence-corrected chi connectivity index (χ0v) is 8.29. The molecule has 3 nitrogen and oxygen atoms in total. The fourth-order valence-electron chi connectivity index (χ4n) is 0.445. The number of esters is 1. The van der Waals surface area contributed by atoms with Gasteiger partial charge in [0.2, 0.25) is 6.54 Å². The number of likely N-dealkylation sites (N-methyl/N-ethyl adjacent to an activating group) is 1. The molecule has 0 rings (SSSR count). The number of halogens is 1. The highest BCUT2D eigenvalue weighted by Gasteiger charge is 2.06. The quantitative estimate of drug-likeness (QED) is 0.321. The van der Waals surface area contributed by atoms with Crippen LogP contribution in [0.25, 0.3) is 0 Å². The minimum atomic E-state index is -0.182. The van der Waals surface area contributed by atoms with Crippen LogP contribution in [-0.2, 0) is 9.53 Å². The van der Waals surface area contributed by atoms with Gasteiger partial charge in [0.15, 0.2) is 4.22 Å². The van der Waals surface area contributed by atoms with E-state index in [9.17, 15) is 4.79 Å². The maximum absolute atomic E-state index is 10.7. The highest BCUT2D eigenvalue weighted by molar-refractivity contribution is 14.1. The van der Waals surface area contributed by atoms with E-state index >= 15 is 0 Å². The maximum atomic E-state index is 10.7. The van der Waals surface area contributed by atoms with Crippen molar-refractivity contribution in [3.05, 3.63) is 0 Å². The minimum absolute atomic E-state index is 0.182. The van der Waals surface area contributed by atoms with E-state index in [-0.39, 0.29) is 5.97 Å². The number of rotatable bonds is 3. The van der Waals surface area contributed by atoms with Crippen molar-refractivity contribution in [1.82, 2.24) is 0 Å². The molecular weight excluding hydrogens is 245 g/mol. The van der Waals surface area contributed by atoms with Crippen molar-refractivity contribution in [1.29, 1.82) is 0 Å². The lowest BCUT2D eigenvalue weighted by Gasteiger charge is -1.96. The monoisotopic (exact) mass is 256 g/mol. The molecule has 58 valence electrons. The van der Waals surface area contributed by atoms with Crippen LogP contribution in [0.4, 0.5) is 0 Å². The van der Waals surface area contributed by atoms with Crippen molar-refractivity contribution in [2.24, 2.45) is 0 Å². The van der Waals surface area contributed by atoms with Gasteiger partial charge in [-0.05, 0) is 6.92 Å². The standard InChI is InChI=1S/C6H11INO2/c1-3-10-6(9)4-8(2)5-7/h5H,3-4H2,1-2H3/q+1. The van der Waals surface area contributed by atoms with Crippen LogP contribution < -0.4 is 0 Å². The predicted octanol–water partition coefficient (Wildman–Crippen LogP) is 0.655. The Morgan fingerprint density at radius 3 is 2.80 bits per heavy atom. The fourth-order valence-corrected chi connectivity index (χ4v) is 0.642. The molecule has 0 saturated carbocycles. The van der Waals surface area contributed by atoms with Crippen LogP contribution in [0.3, 0.4) is 0 Å². The Kier molecular flexibility index (Phi) is 5.57. The van der Waals surface area contributed by atoms with Gasteiger partial charge < -0.3 is 4.74 Å². The summed E-state index contributed by atoms with van der Waals surface area (Å²) in [5.41, 5.74) is 0. The predicted molar refractivity (Wildman–Crippen MR) is 47.8 cm³/mol. The summed E-state index contributed by atoms with van der Waals surface area (Å²) >= 11 is 2.07. The largest absolute Gasteiger partial charge is 0.461 e. The molecule has 0 aliphatic carbocycles. The second-order valence-electron chi connectivity index (χ2n) is 1.82. The van der Waals surface area contributed by atoms with Gasteiger partial charge in [-0.1, -0.05) is 0 Å². The lowest BCUT2D eigenvalue weighted by Crippen LogP contribution is -2.19. The van der Waals surface area contributed by atoms with Crippen LogP contribution >= 0.6 is 22.6 Å². The van der Waals surface area contributed by atoms with Crippen LogP contribution in [0.15, 0.2) is 0 Å². The van der Waals surface area contributed by atoms with Crippen LogP contribution in [-0.4, -0.2) is 35.0 Å². The first kappa shape index (κ1) is 9.87. The van der Waals surface area contributed by atoms with E-state index in [1.54, 1.807) is 15.7 Å². The normalized spacial score (nSPS) is 11.3. The summed E-state index contributed by atoms with van der Waals surface area (Å²) in [5, 5.41) is 0. The van der Waals surface area contributed by atoms with Crippen LogP contribution in [0.5, 0.6) is 0 Å². The molecule has 0 aromatic rings. The van der Waals surface area contributed by atoms with E-state index in [1.807, 2.05) is 7.05 Å². The zero-order valence-electron chi connectivity index (χ0n) is 6.13. The molecule has 0 radical (unpaired) electrons. The average Bonchev–Trinajstić information content (AvgIpc) is 1.88. The summed E-state index contributed by atoms with van der Waals surface area (Å²) in [6, 6.07) is 0. The van der Waals surface area contributed by atoms with E-state index < -0.39 is 0 Å². The van der Waals surface area contributed by atoms with Crippen molar-refractivity contribution in [2.45, 2.75) is 6.92 Å². The summed E-state index contributed by atoms with van der Waals surface area (Å²) in [7, 11) is 1.82. The van der Waals surface area contributed by atoms with Crippen molar-refractivity contribution in [3.8, 4) is 0 Å². The van der Waals surface area contributed by atoms with Crippen molar-refractivity contribution >= 4 is 32.8 Å². The average molecular weight is 256 g/mol. The first-order chi connectivity index (χ1) is 4.70. The molecular formula is C6H11INO2+. The SMILES string of the molecule is CCOC(=O)C[N+](C)=CI. The van der Waals surface area contributed by atoms with Gasteiger partial charge in [0.25, 0.3) is 0 Å². The van der Waals surface area contributed by atoms with E-state index in [0.717, 1.165) is 0 Å². The van der Waals surface area contributed by atoms with Gasteiger partial charge in [0.1, 0.15) is 7.05 Å². The van der Waals surface area contributed by atoms with Crippen molar-refractivity contribution in [3.63, 3.8) is 0 Å². The third kappa shape index (κ3) is 4.72. The molecule has 0 spiro atoms. The molecule has 0 aromatic heterocycles. The van der Waals surface area contributed by atoms with Gasteiger partial charge in [0, 0.05) is 22.6 Å². The number of ether oxygens (including phenoxy) is 1. The van der Waals surface area contributed by atoms with E-state index in [4.69, 9.17) is 4.74 Å². The number of nitrogens with zero attached hydrogens (tertiary/aromatic N) is 1. The second kappa shape index (κ2) is 5.64. The third-order valence-corrected chi connectivity index (χ3v) is 1.80. The summed E-state index contributed by atoms with van der Waals surface area (Å²) < 4.78 is 8.27. The Labute approximate surface area is 74.2 Å². The fraction of sp³-hybridized carbons (Fsp3) is 0.667. The smallest absolute Gasteiger partial charge is 0.372 e. The summed E-state index contributed by atoms with van der Waals surface area (Å²) in [5.74, 6) is -0.182. The molecule has 0 unspecified atom stereocenters.